The molecule has 0 atom stereocenters. The summed E-state index contributed by atoms with van der Waals surface area (Å²) >= 11 is 0. The van der Waals surface area contributed by atoms with E-state index in [1.807, 2.05) is 24.7 Å². The molecule has 0 aliphatic rings. The van der Waals surface area contributed by atoms with Crippen molar-refractivity contribution in [3.63, 3.8) is 0 Å². The summed E-state index contributed by atoms with van der Waals surface area (Å²) in [4.78, 5) is 11.0. The summed E-state index contributed by atoms with van der Waals surface area (Å²) in [5.41, 5.74) is 1.12. The summed E-state index contributed by atoms with van der Waals surface area (Å²) in [6.45, 7) is 5.44. The van der Waals surface area contributed by atoms with E-state index in [0.717, 1.165) is 12.1 Å². The Morgan fingerprint density at radius 2 is 2.10 bits per heavy atom. The highest BCUT2D eigenvalue weighted by Crippen LogP contribution is 2.29. The van der Waals surface area contributed by atoms with Gasteiger partial charge in [0, 0.05) is 18.3 Å². The van der Waals surface area contributed by atoms with Crippen LogP contribution in [0.3, 0.4) is 0 Å². The lowest BCUT2D eigenvalue weighted by Gasteiger charge is -2.11. The Labute approximate surface area is 122 Å². The molecule has 2 aromatic rings. The topological polar surface area (TPSA) is 73.6 Å². The van der Waals surface area contributed by atoms with Crippen LogP contribution < -0.4 is 9.47 Å². The molecular weight excluding hydrogens is 272 g/mol. The van der Waals surface area contributed by atoms with Crippen molar-refractivity contribution in [2.24, 2.45) is 0 Å². The maximum atomic E-state index is 11.0. The average Bonchev–Trinajstić information content (AvgIpc) is 2.94. The van der Waals surface area contributed by atoms with Crippen LogP contribution in [0.1, 0.15) is 29.8 Å². The number of rotatable bonds is 7. The van der Waals surface area contributed by atoms with Crippen LogP contribution in [0, 0.1) is 0 Å². The van der Waals surface area contributed by atoms with Crippen LogP contribution in [0.5, 0.6) is 11.5 Å². The quantitative estimate of drug-likeness (QED) is 0.848. The molecule has 0 radical (unpaired) electrons. The molecule has 0 spiro atoms. The Morgan fingerprint density at radius 1 is 1.29 bits per heavy atom. The smallest absolute Gasteiger partial charge is 0.335 e. The predicted molar refractivity (Wildman–Crippen MR) is 76.8 cm³/mol. The molecule has 1 aromatic carbocycles. The van der Waals surface area contributed by atoms with Crippen LogP contribution in [0.4, 0.5) is 0 Å². The summed E-state index contributed by atoms with van der Waals surface area (Å²) in [6, 6.07) is 4.57. The van der Waals surface area contributed by atoms with Crippen molar-refractivity contribution >= 4 is 5.97 Å². The largest absolute Gasteiger partial charge is 0.490 e. The summed E-state index contributed by atoms with van der Waals surface area (Å²) in [5, 5.41) is 13.2. The molecule has 0 saturated heterocycles. The molecule has 0 saturated carbocycles. The van der Waals surface area contributed by atoms with E-state index in [-0.39, 0.29) is 5.56 Å². The molecule has 0 amide bonds. The number of hydrogen-bond donors (Lipinski definition) is 1. The lowest BCUT2D eigenvalue weighted by Crippen LogP contribution is -2.02. The highest BCUT2D eigenvalue weighted by Gasteiger charge is 2.11. The van der Waals surface area contributed by atoms with Gasteiger partial charge >= 0.3 is 5.97 Å². The normalized spacial score (nSPS) is 10.4. The summed E-state index contributed by atoms with van der Waals surface area (Å²) in [5.74, 6) is -0.0434. The van der Waals surface area contributed by atoms with Gasteiger partial charge in [0.25, 0.3) is 0 Å². The Hall–Kier alpha value is -2.50. The van der Waals surface area contributed by atoms with Gasteiger partial charge in [0.1, 0.15) is 6.61 Å². The minimum atomic E-state index is -0.994. The van der Waals surface area contributed by atoms with Crippen LogP contribution in [0.25, 0.3) is 0 Å². The minimum Gasteiger partial charge on any atom is -0.490 e. The van der Waals surface area contributed by atoms with Crippen LogP contribution in [0.15, 0.2) is 30.6 Å². The van der Waals surface area contributed by atoms with Gasteiger partial charge in [0.05, 0.1) is 18.4 Å². The van der Waals surface area contributed by atoms with E-state index < -0.39 is 5.97 Å². The second-order valence-corrected chi connectivity index (χ2v) is 4.39. The van der Waals surface area contributed by atoms with E-state index in [1.54, 1.807) is 12.3 Å². The number of benzene rings is 1. The zero-order valence-electron chi connectivity index (χ0n) is 12.1. The fraction of sp³-hybridized carbons (Fsp3) is 0.333. The van der Waals surface area contributed by atoms with Crippen LogP contribution in [-0.2, 0) is 13.2 Å². The van der Waals surface area contributed by atoms with E-state index in [9.17, 15) is 4.79 Å². The number of aromatic carboxylic acids is 1. The lowest BCUT2D eigenvalue weighted by atomic mass is 10.2. The van der Waals surface area contributed by atoms with Gasteiger partial charge in [-0.3, -0.25) is 4.68 Å². The second kappa shape index (κ2) is 6.78. The molecule has 0 aliphatic carbocycles. The van der Waals surface area contributed by atoms with Gasteiger partial charge in [-0.1, -0.05) is 0 Å². The Kier molecular flexibility index (Phi) is 4.81. The molecule has 6 heteroatoms. The van der Waals surface area contributed by atoms with Crippen molar-refractivity contribution in [1.29, 1.82) is 0 Å². The molecule has 21 heavy (non-hydrogen) atoms. The van der Waals surface area contributed by atoms with E-state index in [1.165, 1.54) is 12.1 Å². The van der Waals surface area contributed by atoms with Crippen molar-refractivity contribution in [3.8, 4) is 11.5 Å². The van der Waals surface area contributed by atoms with Gasteiger partial charge < -0.3 is 14.6 Å². The maximum absolute atomic E-state index is 11.0. The Bertz CT molecular complexity index is 622. The van der Waals surface area contributed by atoms with Gasteiger partial charge in [0.2, 0.25) is 0 Å². The first kappa shape index (κ1) is 14.9. The standard InChI is InChI=1S/C15H18N2O4/c1-3-17-9-11(8-16-17)10-21-13-6-5-12(15(18)19)7-14(13)20-4-2/h5-9H,3-4,10H2,1-2H3,(H,18,19). The number of carboxylic acids is 1. The van der Waals surface area contributed by atoms with E-state index in [2.05, 4.69) is 5.10 Å². The zero-order valence-corrected chi connectivity index (χ0v) is 12.1. The van der Waals surface area contributed by atoms with Crippen molar-refractivity contribution in [2.45, 2.75) is 27.0 Å². The SMILES string of the molecule is CCOc1cc(C(=O)O)ccc1OCc1cnn(CC)c1. The van der Waals surface area contributed by atoms with Crippen molar-refractivity contribution < 1.29 is 19.4 Å². The molecule has 112 valence electrons. The third kappa shape index (κ3) is 3.75. The number of hydrogen-bond acceptors (Lipinski definition) is 4. The van der Waals surface area contributed by atoms with E-state index >= 15 is 0 Å². The first-order valence-electron chi connectivity index (χ1n) is 6.78. The van der Waals surface area contributed by atoms with E-state index in [0.29, 0.717) is 24.7 Å². The predicted octanol–water partition coefficient (Wildman–Crippen LogP) is 2.58. The zero-order chi connectivity index (χ0) is 15.2. The third-order valence-corrected chi connectivity index (χ3v) is 2.90. The molecule has 2 rings (SSSR count). The van der Waals surface area contributed by atoms with Crippen LogP contribution in [0.2, 0.25) is 0 Å². The van der Waals surface area contributed by atoms with Gasteiger partial charge in [-0.05, 0) is 32.0 Å². The summed E-state index contributed by atoms with van der Waals surface area (Å²) in [7, 11) is 0. The number of nitrogens with zero attached hydrogens (tertiary/aromatic N) is 2. The molecule has 1 heterocycles. The van der Waals surface area contributed by atoms with E-state index in [4.69, 9.17) is 14.6 Å². The summed E-state index contributed by atoms with van der Waals surface area (Å²) < 4.78 is 12.9. The highest BCUT2D eigenvalue weighted by atomic mass is 16.5. The first-order chi connectivity index (χ1) is 10.1. The molecule has 1 N–H and O–H groups in total. The third-order valence-electron chi connectivity index (χ3n) is 2.90. The van der Waals surface area contributed by atoms with Crippen LogP contribution >= 0.6 is 0 Å². The Balaban J connectivity index is 2.12. The highest BCUT2D eigenvalue weighted by molar-refractivity contribution is 5.88. The van der Waals surface area contributed by atoms with Crippen molar-refractivity contribution in [1.82, 2.24) is 9.78 Å². The van der Waals surface area contributed by atoms with Gasteiger partial charge in [-0.15, -0.1) is 0 Å². The van der Waals surface area contributed by atoms with Crippen LogP contribution in [-0.4, -0.2) is 27.5 Å². The van der Waals surface area contributed by atoms with Gasteiger partial charge in [-0.25, -0.2) is 4.79 Å². The number of aryl methyl sites for hydroxylation is 1. The Morgan fingerprint density at radius 3 is 2.71 bits per heavy atom. The molecular formula is C15H18N2O4. The fourth-order valence-corrected chi connectivity index (χ4v) is 1.84. The maximum Gasteiger partial charge on any atom is 0.335 e. The number of aromatic nitrogens is 2. The average molecular weight is 290 g/mol. The lowest BCUT2D eigenvalue weighted by molar-refractivity contribution is 0.0696. The monoisotopic (exact) mass is 290 g/mol. The molecule has 0 bridgehead atoms. The number of carbonyl (C=O) groups is 1. The molecule has 0 unspecified atom stereocenters. The van der Waals surface area contributed by atoms with Gasteiger partial charge in [0.15, 0.2) is 11.5 Å². The van der Waals surface area contributed by atoms with Crippen molar-refractivity contribution in [3.05, 3.63) is 41.7 Å². The summed E-state index contributed by atoms with van der Waals surface area (Å²) in [6.07, 6.45) is 3.65. The first-order valence-corrected chi connectivity index (χ1v) is 6.78. The molecule has 6 nitrogen and oxygen atoms in total. The number of ether oxygens (including phenoxy) is 2. The number of carboxylic acid groups (broad SMARTS) is 1. The minimum absolute atomic E-state index is 0.171. The molecule has 0 fully saturated rings. The molecule has 0 aliphatic heterocycles. The molecule has 1 aromatic heterocycles. The second-order valence-electron chi connectivity index (χ2n) is 4.39. The van der Waals surface area contributed by atoms with Gasteiger partial charge in [-0.2, -0.15) is 5.10 Å². The van der Waals surface area contributed by atoms with Crippen molar-refractivity contribution in [2.75, 3.05) is 6.61 Å². The fourth-order valence-electron chi connectivity index (χ4n) is 1.84.